The Labute approximate surface area is 183 Å². The van der Waals surface area contributed by atoms with E-state index in [-0.39, 0.29) is 28.0 Å². The van der Waals surface area contributed by atoms with E-state index in [9.17, 15) is 18.0 Å². The number of rotatable bonds is 5. The third kappa shape index (κ3) is 5.53. The van der Waals surface area contributed by atoms with Gasteiger partial charge in [-0.05, 0) is 49.8 Å². The van der Waals surface area contributed by atoms with Crippen LogP contribution in [0.3, 0.4) is 0 Å². The molecule has 9 heteroatoms. The average Bonchev–Trinajstić information content (AvgIpc) is 3.02. The molecular weight excluding hydrogens is 428 g/mol. The van der Waals surface area contributed by atoms with Crippen LogP contribution in [0.2, 0.25) is 5.02 Å². The van der Waals surface area contributed by atoms with Crippen molar-refractivity contribution < 1.29 is 22.7 Å². The molecule has 0 atom stereocenters. The number of halogens is 1. The summed E-state index contributed by atoms with van der Waals surface area (Å²) < 4.78 is 32.7. The summed E-state index contributed by atoms with van der Waals surface area (Å²) in [5.41, 5.74) is 0.0628. The van der Waals surface area contributed by atoms with Gasteiger partial charge in [0.05, 0.1) is 10.6 Å². The van der Waals surface area contributed by atoms with Crippen molar-refractivity contribution in [1.82, 2.24) is 9.21 Å². The fraction of sp³-hybridized carbons (Fsp3) is 0.619. The molecule has 0 spiro atoms. The molecule has 0 aliphatic carbocycles. The van der Waals surface area contributed by atoms with E-state index in [1.165, 1.54) is 22.5 Å². The maximum atomic E-state index is 13.1. The van der Waals surface area contributed by atoms with E-state index in [0.29, 0.717) is 32.1 Å². The highest BCUT2D eigenvalue weighted by Gasteiger charge is 2.29. The molecule has 0 saturated carbocycles. The number of nitrogens with zero attached hydrogens (tertiary/aromatic N) is 2. The number of benzene rings is 1. The number of carbonyl (C=O) groups is 2. The van der Waals surface area contributed by atoms with Gasteiger partial charge in [-0.15, -0.1) is 0 Å². The molecule has 2 heterocycles. The maximum absolute atomic E-state index is 13.1. The van der Waals surface area contributed by atoms with Crippen LogP contribution in [0.4, 0.5) is 0 Å². The highest BCUT2D eigenvalue weighted by Crippen LogP contribution is 2.28. The zero-order valence-electron chi connectivity index (χ0n) is 17.3. The SMILES string of the molecule is CC1CCN(C(=O)COC(=O)c2ccc(Cl)c(S(=O)(=O)N3CCCCCC3)c2)CC1. The Bertz CT molecular complexity index is 873. The third-order valence-electron chi connectivity index (χ3n) is 5.81. The van der Waals surface area contributed by atoms with E-state index in [1.54, 1.807) is 4.90 Å². The van der Waals surface area contributed by atoms with Crippen LogP contribution in [-0.2, 0) is 19.6 Å². The summed E-state index contributed by atoms with van der Waals surface area (Å²) in [6, 6.07) is 4.05. The monoisotopic (exact) mass is 456 g/mol. The minimum atomic E-state index is -3.81. The van der Waals surface area contributed by atoms with Gasteiger partial charge < -0.3 is 9.64 Å². The molecule has 1 amide bonds. The van der Waals surface area contributed by atoms with Gasteiger partial charge in [-0.2, -0.15) is 4.31 Å². The van der Waals surface area contributed by atoms with E-state index in [0.717, 1.165) is 38.5 Å². The Hall–Kier alpha value is -1.64. The van der Waals surface area contributed by atoms with Crippen molar-refractivity contribution in [3.05, 3.63) is 28.8 Å². The number of hydrogen-bond acceptors (Lipinski definition) is 5. The van der Waals surface area contributed by atoms with E-state index in [4.69, 9.17) is 16.3 Å². The number of hydrogen-bond donors (Lipinski definition) is 0. The summed E-state index contributed by atoms with van der Waals surface area (Å²) >= 11 is 6.17. The second-order valence-corrected chi connectivity index (χ2v) is 10.4. The Morgan fingerprint density at radius 3 is 2.33 bits per heavy atom. The molecule has 0 bridgehead atoms. The number of esters is 1. The molecule has 0 N–H and O–H groups in total. The van der Waals surface area contributed by atoms with Crippen LogP contribution in [0.5, 0.6) is 0 Å². The highest BCUT2D eigenvalue weighted by molar-refractivity contribution is 7.89. The van der Waals surface area contributed by atoms with Crippen LogP contribution < -0.4 is 0 Å². The van der Waals surface area contributed by atoms with Crippen LogP contribution in [0, 0.1) is 5.92 Å². The minimum absolute atomic E-state index is 0.0628. The first kappa shape index (κ1) is 23.0. The summed E-state index contributed by atoms with van der Waals surface area (Å²) in [6.07, 6.45) is 5.47. The Morgan fingerprint density at radius 2 is 1.70 bits per heavy atom. The van der Waals surface area contributed by atoms with Crippen molar-refractivity contribution in [2.75, 3.05) is 32.8 Å². The second kappa shape index (κ2) is 10.1. The van der Waals surface area contributed by atoms with Crippen molar-refractivity contribution in [3.8, 4) is 0 Å². The van der Waals surface area contributed by atoms with Gasteiger partial charge in [0.1, 0.15) is 4.90 Å². The van der Waals surface area contributed by atoms with E-state index < -0.39 is 16.0 Å². The standard InChI is InChI=1S/C21H29ClN2O5S/c1-16-8-12-23(13-9-16)20(25)15-29-21(26)17-6-7-18(22)19(14-17)30(27,28)24-10-4-2-3-5-11-24/h6-7,14,16H,2-5,8-13,15H2,1H3. The Morgan fingerprint density at radius 1 is 1.07 bits per heavy atom. The van der Waals surface area contributed by atoms with Crippen molar-refractivity contribution >= 4 is 33.5 Å². The number of sulfonamides is 1. The smallest absolute Gasteiger partial charge is 0.338 e. The molecule has 0 unspecified atom stereocenters. The number of likely N-dealkylation sites (tertiary alicyclic amines) is 1. The molecule has 1 aromatic carbocycles. The lowest BCUT2D eigenvalue weighted by Crippen LogP contribution is -2.40. The van der Waals surface area contributed by atoms with Gasteiger partial charge in [-0.25, -0.2) is 13.2 Å². The van der Waals surface area contributed by atoms with Gasteiger partial charge in [0.2, 0.25) is 10.0 Å². The maximum Gasteiger partial charge on any atom is 0.338 e. The molecule has 30 heavy (non-hydrogen) atoms. The number of amides is 1. The second-order valence-electron chi connectivity index (χ2n) is 8.10. The Kier molecular flexibility index (Phi) is 7.76. The molecule has 0 aromatic heterocycles. The molecular formula is C21H29ClN2O5S. The van der Waals surface area contributed by atoms with Gasteiger partial charge >= 0.3 is 5.97 Å². The summed E-state index contributed by atoms with van der Waals surface area (Å²) in [6.45, 7) is 4.00. The first-order chi connectivity index (χ1) is 14.3. The van der Waals surface area contributed by atoms with Crippen molar-refractivity contribution in [3.63, 3.8) is 0 Å². The summed E-state index contributed by atoms with van der Waals surface area (Å²) in [7, 11) is -3.81. The van der Waals surface area contributed by atoms with Crippen LogP contribution in [0.1, 0.15) is 55.8 Å². The van der Waals surface area contributed by atoms with Gasteiger partial charge in [-0.3, -0.25) is 4.79 Å². The van der Waals surface area contributed by atoms with Gasteiger partial charge in [0, 0.05) is 26.2 Å². The van der Waals surface area contributed by atoms with Crippen molar-refractivity contribution in [1.29, 1.82) is 0 Å². The van der Waals surface area contributed by atoms with Gasteiger partial charge in [-0.1, -0.05) is 31.4 Å². The molecule has 7 nitrogen and oxygen atoms in total. The van der Waals surface area contributed by atoms with Crippen LogP contribution in [-0.4, -0.2) is 62.3 Å². The lowest BCUT2D eigenvalue weighted by atomic mass is 9.99. The predicted molar refractivity (Wildman–Crippen MR) is 114 cm³/mol. The molecule has 166 valence electrons. The lowest BCUT2D eigenvalue weighted by Gasteiger charge is -2.30. The lowest BCUT2D eigenvalue weighted by molar-refractivity contribution is -0.135. The third-order valence-corrected chi connectivity index (χ3v) is 8.19. The fourth-order valence-corrected chi connectivity index (χ4v) is 5.83. The Balaban J connectivity index is 1.68. The van der Waals surface area contributed by atoms with Crippen LogP contribution >= 0.6 is 11.6 Å². The van der Waals surface area contributed by atoms with E-state index in [1.807, 2.05) is 0 Å². The first-order valence-electron chi connectivity index (χ1n) is 10.5. The quantitative estimate of drug-likeness (QED) is 0.634. The number of piperidine rings is 1. The molecule has 2 saturated heterocycles. The predicted octanol–water partition coefficient (Wildman–Crippen LogP) is 3.32. The molecule has 3 rings (SSSR count). The average molecular weight is 457 g/mol. The van der Waals surface area contributed by atoms with Gasteiger partial charge in [0.25, 0.3) is 5.91 Å². The zero-order valence-corrected chi connectivity index (χ0v) is 18.9. The molecule has 2 aliphatic heterocycles. The van der Waals surface area contributed by atoms with Crippen molar-refractivity contribution in [2.24, 2.45) is 5.92 Å². The topological polar surface area (TPSA) is 84.0 Å². The normalized spacial score (nSPS) is 19.3. The number of carbonyl (C=O) groups excluding carboxylic acids is 2. The molecule has 1 aromatic rings. The van der Waals surface area contributed by atoms with E-state index >= 15 is 0 Å². The summed E-state index contributed by atoms with van der Waals surface area (Å²) in [4.78, 5) is 26.3. The fourth-order valence-electron chi connectivity index (χ4n) is 3.81. The van der Waals surface area contributed by atoms with Crippen molar-refractivity contribution in [2.45, 2.75) is 50.3 Å². The summed E-state index contributed by atoms with van der Waals surface area (Å²) in [5.74, 6) is -0.380. The first-order valence-corrected chi connectivity index (χ1v) is 12.4. The van der Waals surface area contributed by atoms with Crippen LogP contribution in [0.25, 0.3) is 0 Å². The molecule has 2 fully saturated rings. The zero-order chi connectivity index (χ0) is 21.7. The highest BCUT2D eigenvalue weighted by atomic mass is 35.5. The van der Waals surface area contributed by atoms with Gasteiger partial charge in [0.15, 0.2) is 6.61 Å². The summed E-state index contributed by atoms with van der Waals surface area (Å²) in [5, 5.41) is 0.0642. The largest absolute Gasteiger partial charge is 0.452 e. The van der Waals surface area contributed by atoms with E-state index in [2.05, 4.69) is 6.92 Å². The van der Waals surface area contributed by atoms with Crippen LogP contribution in [0.15, 0.2) is 23.1 Å². The minimum Gasteiger partial charge on any atom is -0.452 e. The molecule has 0 radical (unpaired) electrons. The molecule has 2 aliphatic rings. The number of ether oxygens (including phenoxy) is 1.